The summed E-state index contributed by atoms with van der Waals surface area (Å²) in [5, 5.41) is 51.1. The smallest absolute Gasteiger partial charge is 0.270 e. The number of nitrogens with one attached hydrogen (secondary N) is 1. The molecule has 0 radical (unpaired) electrons. The molecule has 1 aliphatic heterocycles. The molecule has 0 fully saturated rings. The predicted molar refractivity (Wildman–Crippen MR) is 89.9 cm³/mol. The van der Waals surface area contributed by atoms with E-state index in [4.69, 9.17) is 9.94 Å². The highest BCUT2D eigenvalue weighted by Gasteiger charge is 2.44. The summed E-state index contributed by atoms with van der Waals surface area (Å²) in [7, 11) is 0. The number of rotatable bonds is 4. The topological polar surface area (TPSA) is 162 Å². The molecule has 2 aromatic carbocycles. The van der Waals surface area contributed by atoms with Gasteiger partial charge in [-0.3, -0.25) is 20.1 Å². The minimum atomic E-state index is -2.20. The molecule has 0 spiro atoms. The molecule has 0 bridgehead atoms. The van der Waals surface area contributed by atoms with Crippen molar-refractivity contribution in [3.63, 3.8) is 0 Å². The van der Waals surface area contributed by atoms with Crippen LogP contribution in [0.4, 0.5) is 5.69 Å². The number of aromatic hydroxyl groups is 2. The zero-order valence-corrected chi connectivity index (χ0v) is 13.6. The first-order chi connectivity index (χ1) is 12.8. The van der Waals surface area contributed by atoms with Crippen molar-refractivity contribution in [3.05, 3.63) is 63.9 Å². The van der Waals surface area contributed by atoms with Gasteiger partial charge in [-0.15, -0.1) is 0 Å². The van der Waals surface area contributed by atoms with Gasteiger partial charge in [0.25, 0.3) is 5.69 Å². The van der Waals surface area contributed by atoms with Crippen LogP contribution in [0.2, 0.25) is 0 Å². The number of carbonyl (C=O) groups excluding carboxylic acids is 1. The summed E-state index contributed by atoms with van der Waals surface area (Å²) in [6, 6.07) is 7.31. The highest BCUT2D eigenvalue weighted by Crippen LogP contribution is 2.51. The number of benzene rings is 2. The summed E-state index contributed by atoms with van der Waals surface area (Å²) in [4.78, 5) is 22.2. The Kier molecular flexibility index (Phi) is 4.44. The normalized spacial score (nSPS) is 18.1. The fourth-order valence-electron chi connectivity index (χ4n) is 3.00. The third kappa shape index (κ3) is 3.14. The Bertz CT molecular complexity index is 971. The van der Waals surface area contributed by atoms with Crippen LogP contribution in [0.3, 0.4) is 0 Å². The lowest BCUT2D eigenvalue weighted by Gasteiger charge is -2.35. The monoisotopic (exact) mass is 374 g/mol. The first-order valence-electron chi connectivity index (χ1n) is 7.60. The van der Waals surface area contributed by atoms with Gasteiger partial charge in [-0.2, -0.15) is 0 Å². The lowest BCUT2D eigenvalue weighted by molar-refractivity contribution is -0.384. The van der Waals surface area contributed by atoms with Crippen LogP contribution in [0.15, 0.2) is 42.7 Å². The summed E-state index contributed by atoms with van der Waals surface area (Å²) in [6.45, 7) is 0. The summed E-state index contributed by atoms with van der Waals surface area (Å²) < 4.78 is 5.36. The molecule has 1 heterocycles. The van der Waals surface area contributed by atoms with E-state index in [1.54, 1.807) is 0 Å². The largest absolute Gasteiger partial charge is 0.508 e. The van der Waals surface area contributed by atoms with Crippen LogP contribution < -0.4 is 10.2 Å². The van der Waals surface area contributed by atoms with Gasteiger partial charge in [0.1, 0.15) is 22.8 Å². The zero-order chi connectivity index (χ0) is 19.8. The summed E-state index contributed by atoms with van der Waals surface area (Å²) in [6.07, 6.45) is 0.331. The van der Waals surface area contributed by atoms with Gasteiger partial charge in [0, 0.05) is 29.8 Å². The molecule has 0 saturated heterocycles. The molecule has 1 amide bonds. The second-order valence-corrected chi connectivity index (χ2v) is 5.87. The molecule has 3 rings (SSSR count). The third-order valence-corrected chi connectivity index (χ3v) is 4.14. The molecule has 1 aliphatic rings. The lowest BCUT2D eigenvalue weighted by atomic mass is 9.78. The standard InChI is InChI=1S/C17H14N2O8/c20-11-5-13(21)16-14(6-11)27-8-12(17(16,23)7-15(22)18-24)9-2-1-3-10(4-9)19(25)26/h1-6,8,20-21,23-24H,7H2,(H,18,22). The molecule has 0 aromatic heterocycles. The molecule has 1 unspecified atom stereocenters. The van der Waals surface area contributed by atoms with Gasteiger partial charge in [0.05, 0.1) is 23.2 Å². The fourth-order valence-corrected chi connectivity index (χ4v) is 3.00. The Morgan fingerprint density at radius 2 is 2.00 bits per heavy atom. The minimum Gasteiger partial charge on any atom is -0.508 e. The van der Waals surface area contributed by atoms with E-state index in [1.807, 2.05) is 0 Å². The van der Waals surface area contributed by atoms with E-state index < -0.39 is 28.6 Å². The van der Waals surface area contributed by atoms with Gasteiger partial charge in [-0.05, 0) is 5.56 Å². The van der Waals surface area contributed by atoms with Crippen LogP contribution in [0, 0.1) is 10.1 Å². The Hall–Kier alpha value is -3.63. The minimum absolute atomic E-state index is 0.0525. The number of aliphatic hydroxyl groups is 1. The number of ether oxygens (including phenoxy) is 1. The van der Waals surface area contributed by atoms with Crippen molar-refractivity contribution in [3.8, 4) is 17.2 Å². The van der Waals surface area contributed by atoms with Crippen LogP contribution in [0.25, 0.3) is 5.57 Å². The Morgan fingerprint density at radius 3 is 2.67 bits per heavy atom. The van der Waals surface area contributed by atoms with Crippen molar-refractivity contribution in [2.45, 2.75) is 12.0 Å². The van der Waals surface area contributed by atoms with Crippen molar-refractivity contribution in [2.75, 3.05) is 0 Å². The maximum Gasteiger partial charge on any atom is 0.270 e. The average molecular weight is 374 g/mol. The van der Waals surface area contributed by atoms with Gasteiger partial charge < -0.3 is 20.1 Å². The summed E-state index contributed by atoms with van der Waals surface area (Å²) >= 11 is 0. The Labute approximate surface area is 151 Å². The van der Waals surface area contributed by atoms with Crippen molar-refractivity contribution in [1.29, 1.82) is 0 Å². The van der Waals surface area contributed by atoms with E-state index in [2.05, 4.69) is 0 Å². The second kappa shape index (κ2) is 6.59. The molecule has 1 atom stereocenters. The van der Waals surface area contributed by atoms with E-state index in [9.17, 15) is 30.2 Å². The molecule has 140 valence electrons. The van der Waals surface area contributed by atoms with Gasteiger partial charge in [0.15, 0.2) is 0 Å². The quantitative estimate of drug-likeness (QED) is 0.305. The third-order valence-electron chi connectivity index (χ3n) is 4.14. The molecule has 10 nitrogen and oxygen atoms in total. The highest BCUT2D eigenvalue weighted by molar-refractivity contribution is 5.86. The van der Waals surface area contributed by atoms with E-state index in [0.29, 0.717) is 0 Å². The van der Waals surface area contributed by atoms with Crippen molar-refractivity contribution in [1.82, 2.24) is 5.48 Å². The number of phenolic OH excluding ortho intramolecular Hbond substituents is 2. The van der Waals surface area contributed by atoms with Crippen molar-refractivity contribution < 1.29 is 35.0 Å². The number of phenols is 2. The number of hydroxylamine groups is 1. The molecule has 27 heavy (non-hydrogen) atoms. The maximum atomic E-state index is 11.8. The van der Waals surface area contributed by atoms with Crippen molar-refractivity contribution in [2.24, 2.45) is 0 Å². The van der Waals surface area contributed by atoms with E-state index in [0.717, 1.165) is 18.4 Å². The van der Waals surface area contributed by atoms with Crippen LogP contribution in [-0.2, 0) is 10.4 Å². The van der Waals surface area contributed by atoms with Gasteiger partial charge in [-0.25, -0.2) is 5.48 Å². The SMILES string of the molecule is O=C(CC1(O)C(c2cccc([N+](=O)[O-])c2)=COc2cc(O)cc(O)c21)NO. The first-order valence-corrected chi connectivity index (χ1v) is 7.60. The zero-order valence-electron chi connectivity index (χ0n) is 13.6. The molecule has 0 saturated carbocycles. The first kappa shape index (κ1) is 18.2. The Morgan fingerprint density at radius 1 is 1.26 bits per heavy atom. The highest BCUT2D eigenvalue weighted by atomic mass is 16.6. The molecular weight excluding hydrogens is 360 g/mol. The number of hydrogen-bond acceptors (Lipinski definition) is 8. The van der Waals surface area contributed by atoms with Crippen LogP contribution in [-0.4, -0.2) is 31.4 Å². The number of carbonyl (C=O) groups is 1. The molecule has 2 aromatic rings. The molecule has 5 N–H and O–H groups in total. The number of amides is 1. The molecule has 10 heteroatoms. The average Bonchev–Trinajstić information content (AvgIpc) is 2.60. The number of nitrogens with zero attached hydrogens (tertiary/aromatic N) is 1. The maximum absolute atomic E-state index is 11.8. The number of non-ortho nitro benzene ring substituents is 1. The Balaban J connectivity index is 2.21. The lowest BCUT2D eigenvalue weighted by Crippen LogP contribution is -2.37. The predicted octanol–water partition coefficient (Wildman–Crippen LogP) is 1.52. The van der Waals surface area contributed by atoms with Crippen LogP contribution in [0.5, 0.6) is 17.2 Å². The van der Waals surface area contributed by atoms with Crippen molar-refractivity contribution >= 4 is 17.2 Å². The van der Waals surface area contributed by atoms with Gasteiger partial charge in [-0.1, -0.05) is 12.1 Å². The summed E-state index contributed by atoms with van der Waals surface area (Å²) in [5.74, 6) is -1.99. The van der Waals surface area contributed by atoms with Gasteiger partial charge >= 0.3 is 0 Å². The summed E-state index contributed by atoms with van der Waals surface area (Å²) in [5.41, 5.74) is -1.19. The number of nitro benzene ring substituents is 1. The number of hydrogen-bond donors (Lipinski definition) is 5. The molecular formula is C17H14N2O8. The van der Waals surface area contributed by atoms with Gasteiger partial charge in [0.2, 0.25) is 5.91 Å². The van der Waals surface area contributed by atoms with E-state index >= 15 is 0 Å². The second-order valence-electron chi connectivity index (χ2n) is 5.87. The van der Waals surface area contributed by atoms with Crippen LogP contribution >= 0.6 is 0 Å². The number of fused-ring (bicyclic) bond motifs is 1. The fraction of sp³-hybridized carbons (Fsp3) is 0.118. The number of nitro groups is 1. The molecule has 0 aliphatic carbocycles. The van der Waals surface area contributed by atoms with E-state index in [-0.39, 0.29) is 33.9 Å². The van der Waals surface area contributed by atoms with Crippen LogP contribution in [0.1, 0.15) is 17.5 Å². The van der Waals surface area contributed by atoms with E-state index in [1.165, 1.54) is 29.7 Å².